The Morgan fingerprint density at radius 3 is 2.46 bits per heavy atom. The van der Waals surface area contributed by atoms with Gasteiger partial charge in [0.1, 0.15) is 5.69 Å². The van der Waals surface area contributed by atoms with Crippen molar-refractivity contribution in [3.8, 4) is 0 Å². The number of aromatic nitrogens is 2. The molecular weight excluding hydrogens is 328 g/mol. The Morgan fingerprint density at radius 2 is 1.81 bits per heavy atom. The molecule has 1 aromatic carbocycles. The summed E-state index contributed by atoms with van der Waals surface area (Å²) in [6, 6.07) is 11.7. The third-order valence-electron chi connectivity index (χ3n) is 5.41. The SMILES string of the molecule is CCn1nc(C)cc1C(=O)N1CCCN1C(=O)C1(c2ccccc2)CC1. The number of hydrogen-bond acceptors (Lipinski definition) is 3. The van der Waals surface area contributed by atoms with E-state index < -0.39 is 5.41 Å². The van der Waals surface area contributed by atoms with E-state index in [9.17, 15) is 9.59 Å². The highest BCUT2D eigenvalue weighted by Crippen LogP contribution is 2.50. The molecule has 2 aliphatic rings. The molecule has 2 amide bonds. The molecule has 0 spiro atoms. The van der Waals surface area contributed by atoms with Crippen LogP contribution in [0.3, 0.4) is 0 Å². The molecule has 6 nitrogen and oxygen atoms in total. The van der Waals surface area contributed by atoms with E-state index in [0.29, 0.717) is 25.3 Å². The molecule has 136 valence electrons. The van der Waals surface area contributed by atoms with Crippen molar-refractivity contribution in [1.29, 1.82) is 0 Å². The van der Waals surface area contributed by atoms with E-state index >= 15 is 0 Å². The van der Waals surface area contributed by atoms with Gasteiger partial charge < -0.3 is 0 Å². The summed E-state index contributed by atoms with van der Waals surface area (Å²) >= 11 is 0. The summed E-state index contributed by atoms with van der Waals surface area (Å²) in [4.78, 5) is 26.5. The summed E-state index contributed by atoms with van der Waals surface area (Å²) in [5.74, 6) is -0.0870. The third kappa shape index (κ3) is 2.60. The summed E-state index contributed by atoms with van der Waals surface area (Å²) < 4.78 is 1.71. The van der Waals surface area contributed by atoms with Crippen LogP contribution in [0.1, 0.15) is 47.9 Å². The van der Waals surface area contributed by atoms with Crippen LogP contribution in [0.15, 0.2) is 36.4 Å². The maximum absolute atomic E-state index is 13.3. The number of hydrogen-bond donors (Lipinski definition) is 0. The first kappa shape index (κ1) is 16.8. The number of hydrazine groups is 1. The molecule has 1 saturated carbocycles. The first-order valence-corrected chi connectivity index (χ1v) is 9.30. The van der Waals surface area contributed by atoms with Gasteiger partial charge in [0.25, 0.3) is 11.8 Å². The predicted molar refractivity (Wildman–Crippen MR) is 97.4 cm³/mol. The van der Waals surface area contributed by atoms with Gasteiger partial charge in [-0.3, -0.25) is 19.3 Å². The summed E-state index contributed by atoms with van der Waals surface area (Å²) in [7, 11) is 0. The smallest absolute Gasteiger partial charge is 0.272 e. The lowest BCUT2D eigenvalue weighted by molar-refractivity contribution is -0.143. The second-order valence-corrected chi connectivity index (χ2v) is 7.14. The molecule has 2 heterocycles. The van der Waals surface area contributed by atoms with Crippen molar-refractivity contribution in [2.75, 3.05) is 13.1 Å². The molecule has 0 atom stereocenters. The van der Waals surface area contributed by atoms with Crippen molar-refractivity contribution in [1.82, 2.24) is 19.8 Å². The molecule has 4 rings (SSSR count). The fraction of sp³-hybridized carbons (Fsp3) is 0.450. The predicted octanol–water partition coefficient (Wildman–Crippen LogP) is 2.53. The molecular formula is C20H24N4O2. The molecule has 0 N–H and O–H groups in total. The molecule has 0 radical (unpaired) electrons. The fourth-order valence-electron chi connectivity index (χ4n) is 3.88. The molecule has 1 aliphatic carbocycles. The highest BCUT2D eigenvalue weighted by molar-refractivity contribution is 5.97. The van der Waals surface area contributed by atoms with E-state index in [0.717, 1.165) is 30.5 Å². The molecule has 6 heteroatoms. The Bertz CT molecular complexity index is 839. The first-order valence-electron chi connectivity index (χ1n) is 9.30. The van der Waals surface area contributed by atoms with Crippen LogP contribution in [0.25, 0.3) is 0 Å². The second-order valence-electron chi connectivity index (χ2n) is 7.14. The average molecular weight is 352 g/mol. The van der Waals surface area contributed by atoms with E-state index in [1.807, 2.05) is 44.2 Å². The van der Waals surface area contributed by atoms with Crippen molar-refractivity contribution >= 4 is 11.8 Å². The maximum Gasteiger partial charge on any atom is 0.290 e. The minimum atomic E-state index is -0.453. The van der Waals surface area contributed by atoms with Crippen LogP contribution < -0.4 is 0 Å². The molecule has 1 aliphatic heterocycles. The summed E-state index contributed by atoms with van der Waals surface area (Å²) in [6.45, 7) is 5.64. The Balaban J connectivity index is 1.61. The zero-order chi connectivity index (χ0) is 18.3. The normalized spacial score (nSPS) is 18.2. The van der Waals surface area contributed by atoms with E-state index in [1.165, 1.54) is 0 Å². The minimum absolute atomic E-state index is 0.0498. The molecule has 1 saturated heterocycles. The zero-order valence-electron chi connectivity index (χ0n) is 15.3. The Labute approximate surface area is 153 Å². The molecule has 2 fully saturated rings. The largest absolute Gasteiger partial charge is 0.290 e. The number of benzene rings is 1. The van der Waals surface area contributed by atoms with Gasteiger partial charge in [-0.15, -0.1) is 0 Å². The van der Waals surface area contributed by atoms with Crippen LogP contribution in [0, 0.1) is 6.92 Å². The lowest BCUT2D eigenvalue weighted by atomic mass is 9.95. The first-order chi connectivity index (χ1) is 12.6. The zero-order valence-corrected chi connectivity index (χ0v) is 15.3. The lowest BCUT2D eigenvalue weighted by Gasteiger charge is -2.31. The van der Waals surface area contributed by atoms with Crippen LogP contribution in [-0.4, -0.2) is 44.7 Å². The number of nitrogens with zero attached hydrogens (tertiary/aromatic N) is 4. The van der Waals surface area contributed by atoms with Crippen LogP contribution in [0.5, 0.6) is 0 Å². The number of amides is 2. The van der Waals surface area contributed by atoms with E-state index in [2.05, 4.69) is 5.10 Å². The maximum atomic E-state index is 13.3. The van der Waals surface area contributed by atoms with Crippen molar-refractivity contribution in [2.45, 2.75) is 45.1 Å². The average Bonchev–Trinajstić information content (AvgIpc) is 3.17. The fourth-order valence-corrected chi connectivity index (χ4v) is 3.88. The molecule has 0 bridgehead atoms. The number of carbonyl (C=O) groups is 2. The van der Waals surface area contributed by atoms with Gasteiger partial charge in [-0.25, -0.2) is 5.01 Å². The van der Waals surface area contributed by atoms with Gasteiger partial charge in [-0.05, 0) is 44.7 Å². The van der Waals surface area contributed by atoms with Crippen LogP contribution in [0.2, 0.25) is 0 Å². The van der Waals surface area contributed by atoms with E-state index in [1.54, 1.807) is 20.8 Å². The van der Waals surface area contributed by atoms with Crippen molar-refractivity contribution in [2.24, 2.45) is 0 Å². The third-order valence-corrected chi connectivity index (χ3v) is 5.41. The minimum Gasteiger partial charge on any atom is -0.272 e. The molecule has 2 aromatic rings. The second kappa shape index (κ2) is 6.27. The van der Waals surface area contributed by atoms with Crippen LogP contribution >= 0.6 is 0 Å². The van der Waals surface area contributed by atoms with Gasteiger partial charge in [0, 0.05) is 19.6 Å². The van der Waals surface area contributed by atoms with Gasteiger partial charge in [0.15, 0.2) is 0 Å². The van der Waals surface area contributed by atoms with Crippen molar-refractivity contribution in [3.63, 3.8) is 0 Å². The summed E-state index contributed by atoms with van der Waals surface area (Å²) in [5, 5.41) is 7.66. The standard InChI is InChI=1S/C20H24N4O2/c1-3-22-17(14-15(2)21-22)18(25)23-12-7-13-24(23)19(26)20(10-11-20)16-8-5-4-6-9-16/h4-6,8-9,14H,3,7,10-13H2,1-2H3. The molecule has 1 aromatic heterocycles. The van der Waals surface area contributed by atoms with Crippen molar-refractivity contribution < 1.29 is 9.59 Å². The van der Waals surface area contributed by atoms with E-state index in [4.69, 9.17) is 0 Å². The summed E-state index contributed by atoms with van der Waals surface area (Å²) in [6.07, 6.45) is 2.50. The Morgan fingerprint density at radius 1 is 1.12 bits per heavy atom. The van der Waals surface area contributed by atoms with Gasteiger partial charge >= 0.3 is 0 Å². The molecule has 26 heavy (non-hydrogen) atoms. The van der Waals surface area contributed by atoms with Gasteiger partial charge in [-0.2, -0.15) is 5.10 Å². The highest BCUT2D eigenvalue weighted by atomic mass is 16.2. The molecule has 0 unspecified atom stereocenters. The number of rotatable bonds is 4. The van der Waals surface area contributed by atoms with Gasteiger partial charge in [0.2, 0.25) is 0 Å². The Hall–Kier alpha value is -2.63. The topological polar surface area (TPSA) is 58.4 Å². The van der Waals surface area contributed by atoms with Crippen molar-refractivity contribution in [3.05, 3.63) is 53.3 Å². The van der Waals surface area contributed by atoms with Crippen LogP contribution in [-0.2, 0) is 16.8 Å². The van der Waals surface area contributed by atoms with Gasteiger partial charge in [0.05, 0.1) is 11.1 Å². The van der Waals surface area contributed by atoms with E-state index in [-0.39, 0.29) is 11.8 Å². The van der Waals surface area contributed by atoms with Crippen LogP contribution in [0.4, 0.5) is 0 Å². The lowest BCUT2D eigenvalue weighted by Crippen LogP contribution is -2.49. The number of carbonyl (C=O) groups excluding carboxylic acids is 2. The quantitative estimate of drug-likeness (QED) is 0.850. The number of aryl methyl sites for hydroxylation is 2. The Kier molecular flexibility index (Phi) is 4.05. The summed E-state index contributed by atoms with van der Waals surface area (Å²) in [5.41, 5.74) is 1.97. The highest BCUT2D eigenvalue weighted by Gasteiger charge is 2.55. The van der Waals surface area contributed by atoms with Gasteiger partial charge in [-0.1, -0.05) is 30.3 Å². The monoisotopic (exact) mass is 352 g/mol.